The molecule has 1 nitrogen and oxygen atoms in total. The first kappa shape index (κ1) is 13.1. The Balaban J connectivity index is 2.13. The van der Waals surface area contributed by atoms with Gasteiger partial charge in [0.05, 0.1) is 0 Å². The summed E-state index contributed by atoms with van der Waals surface area (Å²) in [5.74, 6) is -1.10. The van der Waals surface area contributed by atoms with Crippen molar-refractivity contribution in [1.29, 1.82) is 0 Å². The van der Waals surface area contributed by atoms with Crippen LogP contribution in [0.4, 0.5) is 8.78 Å². The molecule has 0 aliphatic heterocycles. The van der Waals surface area contributed by atoms with Crippen LogP contribution >= 0.6 is 11.8 Å². The molecule has 18 heavy (non-hydrogen) atoms. The van der Waals surface area contributed by atoms with Crippen molar-refractivity contribution in [3.05, 3.63) is 59.7 Å². The molecule has 2 N–H and O–H groups in total. The standard InChI is InChI=1S/C14H13F2NS/c15-11-3-6-14(13(16)9-11)18-12-4-1-10(2-5-12)7-8-17/h1-6,9H,7-8,17H2. The summed E-state index contributed by atoms with van der Waals surface area (Å²) >= 11 is 1.28. The monoisotopic (exact) mass is 265 g/mol. The lowest BCUT2D eigenvalue weighted by Gasteiger charge is -2.04. The van der Waals surface area contributed by atoms with E-state index >= 15 is 0 Å². The van der Waals surface area contributed by atoms with E-state index in [1.807, 2.05) is 24.3 Å². The van der Waals surface area contributed by atoms with Gasteiger partial charge in [-0.25, -0.2) is 8.78 Å². The van der Waals surface area contributed by atoms with Crippen molar-refractivity contribution in [3.63, 3.8) is 0 Å². The van der Waals surface area contributed by atoms with Crippen LogP contribution in [0.3, 0.4) is 0 Å². The van der Waals surface area contributed by atoms with Gasteiger partial charge in [0.15, 0.2) is 0 Å². The molecule has 94 valence electrons. The third kappa shape index (κ3) is 3.31. The molecule has 2 rings (SSSR count). The van der Waals surface area contributed by atoms with E-state index in [0.717, 1.165) is 22.9 Å². The second-order valence-electron chi connectivity index (χ2n) is 3.86. The van der Waals surface area contributed by atoms with Crippen molar-refractivity contribution in [2.45, 2.75) is 16.2 Å². The van der Waals surface area contributed by atoms with Gasteiger partial charge >= 0.3 is 0 Å². The van der Waals surface area contributed by atoms with Gasteiger partial charge in [-0.2, -0.15) is 0 Å². The van der Waals surface area contributed by atoms with E-state index in [1.54, 1.807) is 0 Å². The Labute approximate surface area is 109 Å². The average molecular weight is 265 g/mol. The van der Waals surface area contributed by atoms with Crippen molar-refractivity contribution in [2.75, 3.05) is 6.54 Å². The Morgan fingerprint density at radius 2 is 1.72 bits per heavy atom. The molecule has 2 aromatic carbocycles. The van der Waals surface area contributed by atoms with Gasteiger partial charge < -0.3 is 5.73 Å². The summed E-state index contributed by atoms with van der Waals surface area (Å²) in [6.07, 6.45) is 0.829. The molecule has 0 radical (unpaired) electrons. The Morgan fingerprint density at radius 3 is 2.33 bits per heavy atom. The number of hydrogen-bond donors (Lipinski definition) is 1. The third-order valence-corrected chi connectivity index (χ3v) is 3.54. The fraction of sp³-hybridized carbons (Fsp3) is 0.143. The van der Waals surface area contributed by atoms with E-state index < -0.39 is 11.6 Å². The molecule has 0 unspecified atom stereocenters. The quantitative estimate of drug-likeness (QED) is 0.913. The molecule has 0 saturated carbocycles. The Bertz CT molecular complexity index is 526. The van der Waals surface area contributed by atoms with Crippen LogP contribution in [-0.4, -0.2) is 6.54 Å². The molecular formula is C14H13F2NS. The van der Waals surface area contributed by atoms with Gasteiger partial charge in [0.2, 0.25) is 0 Å². The average Bonchev–Trinajstić information content (AvgIpc) is 2.35. The van der Waals surface area contributed by atoms with Crippen LogP contribution in [0.25, 0.3) is 0 Å². The first-order chi connectivity index (χ1) is 8.69. The second kappa shape index (κ2) is 5.98. The van der Waals surface area contributed by atoms with Gasteiger partial charge in [0, 0.05) is 15.9 Å². The molecule has 4 heteroatoms. The molecule has 0 heterocycles. The van der Waals surface area contributed by atoms with Gasteiger partial charge in [-0.05, 0) is 42.8 Å². The van der Waals surface area contributed by atoms with Crippen molar-refractivity contribution in [2.24, 2.45) is 5.73 Å². The number of rotatable bonds is 4. The maximum atomic E-state index is 13.5. The van der Waals surface area contributed by atoms with E-state index in [9.17, 15) is 8.78 Å². The minimum absolute atomic E-state index is 0.419. The van der Waals surface area contributed by atoms with Crippen LogP contribution in [0.2, 0.25) is 0 Å². The highest BCUT2D eigenvalue weighted by atomic mass is 32.2. The molecule has 2 aromatic rings. The first-order valence-corrected chi connectivity index (χ1v) is 6.42. The normalized spacial score (nSPS) is 10.6. The molecule has 0 atom stereocenters. The molecule has 0 bridgehead atoms. The summed E-state index contributed by atoms with van der Waals surface area (Å²) in [7, 11) is 0. The highest BCUT2D eigenvalue weighted by molar-refractivity contribution is 7.99. The summed E-state index contributed by atoms with van der Waals surface area (Å²) in [4.78, 5) is 1.34. The summed E-state index contributed by atoms with van der Waals surface area (Å²) < 4.78 is 26.2. The number of halogens is 2. The maximum Gasteiger partial charge on any atom is 0.140 e. The second-order valence-corrected chi connectivity index (χ2v) is 4.97. The Hall–Kier alpha value is -1.39. The van der Waals surface area contributed by atoms with Gasteiger partial charge in [-0.1, -0.05) is 23.9 Å². The summed E-state index contributed by atoms with van der Waals surface area (Å²) in [6.45, 7) is 0.610. The van der Waals surface area contributed by atoms with E-state index in [-0.39, 0.29) is 0 Å². The largest absolute Gasteiger partial charge is 0.330 e. The number of nitrogens with two attached hydrogens (primary N) is 1. The van der Waals surface area contributed by atoms with Gasteiger partial charge in [-0.3, -0.25) is 0 Å². The summed E-state index contributed by atoms with van der Waals surface area (Å²) in [5, 5.41) is 0. The van der Waals surface area contributed by atoms with Crippen molar-refractivity contribution >= 4 is 11.8 Å². The Kier molecular flexibility index (Phi) is 4.33. The van der Waals surface area contributed by atoms with Gasteiger partial charge in [0.25, 0.3) is 0 Å². The topological polar surface area (TPSA) is 26.0 Å². The van der Waals surface area contributed by atoms with Crippen LogP contribution < -0.4 is 5.73 Å². The fourth-order valence-corrected chi connectivity index (χ4v) is 2.39. The lowest BCUT2D eigenvalue weighted by molar-refractivity contribution is 0.565. The van der Waals surface area contributed by atoms with E-state index in [1.165, 1.54) is 23.9 Å². The maximum absolute atomic E-state index is 13.5. The van der Waals surface area contributed by atoms with Crippen molar-refractivity contribution in [3.8, 4) is 0 Å². The summed E-state index contributed by atoms with van der Waals surface area (Å²) in [5.41, 5.74) is 6.62. The Morgan fingerprint density at radius 1 is 1.00 bits per heavy atom. The molecule has 0 aliphatic rings. The fourth-order valence-electron chi connectivity index (χ4n) is 1.58. The zero-order valence-electron chi connectivity index (χ0n) is 9.70. The number of benzene rings is 2. The van der Waals surface area contributed by atoms with Crippen LogP contribution in [0.1, 0.15) is 5.56 Å². The molecule has 0 saturated heterocycles. The van der Waals surface area contributed by atoms with Crippen molar-refractivity contribution < 1.29 is 8.78 Å². The zero-order chi connectivity index (χ0) is 13.0. The molecule has 0 aliphatic carbocycles. The smallest absolute Gasteiger partial charge is 0.140 e. The molecule has 0 spiro atoms. The van der Waals surface area contributed by atoms with Gasteiger partial charge in [0.1, 0.15) is 11.6 Å². The predicted octanol–water partition coefficient (Wildman–Crippen LogP) is 3.62. The molecule has 0 aromatic heterocycles. The highest BCUT2D eigenvalue weighted by Crippen LogP contribution is 2.30. The first-order valence-electron chi connectivity index (χ1n) is 5.61. The number of hydrogen-bond acceptors (Lipinski definition) is 2. The third-order valence-electron chi connectivity index (χ3n) is 2.48. The summed E-state index contributed by atoms with van der Waals surface area (Å²) in [6, 6.07) is 11.4. The highest BCUT2D eigenvalue weighted by Gasteiger charge is 2.05. The zero-order valence-corrected chi connectivity index (χ0v) is 10.5. The minimum Gasteiger partial charge on any atom is -0.330 e. The van der Waals surface area contributed by atoms with Gasteiger partial charge in [-0.15, -0.1) is 0 Å². The van der Waals surface area contributed by atoms with E-state index in [2.05, 4.69) is 0 Å². The molecule has 0 amide bonds. The van der Waals surface area contributed by atoms with Crippen molar-refractivity contribution in [1.82, 2.24) is 0 Å². The SMILES string of the molecule is NCCc1ccc(Sc2ccc(F)cc2F)cc1. The van der Waals surface area contributed by atoms with Crippen LogP contribution in [0.5, 0.6) is 0 Å². The lowest BCUT2D eigenvalue weighted by Crippen LogP contribution is -2.02. The molecule has 0 fully saturated rings. The lowest BCUT2D eigenvalue weighted by atomic mass is 10.2. The van der Waals surface area contributed by atoms with Crippen LogP contribution in [0, 0.1) is 11.6 Å². The van der Waals surface area contributed by atoms with E-state index in [4.69, 9.17) is 5.73 Å². The van der Waals surface area contributed by atoms with E-state index in [0.29, 0.717) is 11.4 Å². The van der Waals surface area contributed by atoms with Crippen LogP contribution in [-0.2, 0) is 6.42 Å². The minimum atomic E-state index is -0.560. The van der Waals surface area contributed by atoms with Crippen LogP contribution in [0.15, 0.2) is 52.3 Å². The molecular weight excluding hydrogens is 252 g/mol. The predicted molar refractivity (Wildman–Crippen MR) is 69.7 cm³/mol.